The number of nitrogens with zero attached hydrogens (tertiary/aromatic N) is 6. The smallest absolute Gasteiger partial charge is 0.228 e. The molecule has 0 aliphatic carbocycles. The molecule has 0 saturated heterocycles. The van der Waals surface area contributed by atoms with Crippen LogP contribution in [0.15, 0.2) is 0 Å². The van der Waals surface area contributed by atoms with E-state index < -0.39 is 0 Å². The van der Waals surface area contributed by atoms with Gasteiger partial charge in [-0.15, -0.1) is 0 Å². The third kappa shape index (κ3) is 8.84. The van der Waals surface area contributed by atoms with Gasteiger partial charge in [0.1, 0.15) is 11.0 Å². The molecule has 0 aliphatic heterocycles. The number of rotatable bonds is 14. The summed E-state index contributed by atoms with van der Waals surface area (Å²) in [4.78, 5) is 22.4. The van der Waals surface area contributed by atoms with Crippen LogP contribution < -0.4 is 20.4 Å². The van der Waals surface area contributed by atoms with Gasteiger partial charge in [-0.1, -0.05) is 41.5 Å². The fourth-order valence-corrected chi connectivity index (χ4v) is 3.33. The maximum Gasteiger partial charge on any atom is 0.228 e. The molecule has 2 heterocycles. The summed E-state index contributed by atoms with van der Waals surface area (Å²) < 4.78 is 0. The molecule has 2 aromatic heterocycles. The van der Waals surface area contributed by atoms with Crippen molar-refractivity contribution in [2.24, 2.45) is 10.8 Å². The third-order valence-electron chi connectivity index (χ3n) is 5.14. The van der Waals surface area contributed by atoms with E-state index in [-0.39, 0.29) is 63.4 Å². The van der Waals surface area contributed by atoms with Crippen LogP contribution in [-0.4, -0.2) is 106 Å². The van der Waals surface area contributed by atoms with Crippen LogP contribution >= 0.6 is 0 Å². The molecule has 0 aliphatic rings. The molecular weight excluding hydrogens is 464 g/mol. The lowest BCUT2D eigenvalue weighted by Gasteiger charge is -2.26. The van der Waals surface area contributed by atoms with Crippen LogP contribution in [0, 0.1) is 10.8 Å². The largest absolute Gasteiger partial charge is 0.395 e. The summed E-state index contributed by atoms with van der Waals surface area (Å²) in [6.07, 6.45) is 0. The van der Waals surface area contributed by atoms with Crippen molar-refractivity contribution in [1.82, 2.24) is 19.9 Å². The minimum Gasteiger partial charge on any atom is -0.395 e. The van der Waals surface area contributed by atoms with Gasteiger partial charge in [0.15, 0.2) is 11.6 Å². The van der Waals surface area contributed by atoms with Gasteiger partial charge in [0.25, 0.3) is 0 Å². The Hall–Kier alpha value is -2.54. The Labute approximate surface area is 213 Å². The first-order valence-electron chi connectivity index (χ1n) is 12.4. The highest BCUT2D eigenvalue weighted by molar-refractivity contribution is 5.94. The molecule has 0 radical (unpaired) electrons. The first-order chi connectivity index (χ1) is 16.9. The van der Waals surface area contributed by atoms with Crippen molar-refractivity contribution in [3.8, 4) is 0 Å². The molecule has 12 nitrogen and oxygen atoms in total. The predicted octanol–water partition coefficient (Wildman–Crippen LogP) is 0.918. The number of hydrogen-bond donors (Lipinski definition) is 6. The van der Waals surface area contributed by atoms with Crippen molar-refractivity contribution in [1.29, 1.82) is 0 Å². The van der Waals surface area contributed by atoms with Gasteiger partial charge >= 0.3 is 0 Å². The number of aliphatic hydroxyl groups excluding tert-OH is 4. The summed E-state index contributed by atoms with van der Waals surface area (Å²) in [5, 5.41) is 45.1. The van der Waals surface area contributed by atoms with Crippen LogP contribution in [0.5, 0.6) is 0 Å². The summed E-state index contributed by atoms with van der Waals surface area (Å²) >= 11 is 0. The molecule has 0 amide bonds. The molecule has 2 rings (SSSR count). The van der Waals surface area contributed by atoms with Gasteiger partial charge in [-0.2, -0.15) is 9.97 Å². The molecule has 0 unspecified atom stereocenters. The Kier molecular flexibility index (Phi) is 10.8. The molecular formula is C24H44N8O4. The van der Waals surface area contributed by atoms with E-state index in [1.54, 1.807) is 9.80 Å². The average Bonchev–Trinajstić information content (AvgIpc) is 2.79. The topological polar surface area (TPSA) is 163 Å². The molecule has 6 N–H and O–H groups in total. The van der Waals surface area contributed by atoms with Crippen LogP contribution in [0.1, 0.15) is 41.5 Å². The van der Waals surface area contributed by atoms with Gasteiger partial charge in [-0.25, -0.2) is 9.97 Å². The second-order valence-corrected chi connectivity index (χ2v) is 11.1. The number of hydrogen-bond acceptors (Lipinski definition) is 12. The fourth-order valence-electron chi connectivity index (χ4n) is 3.33. The van der Waals surface area contributed by atoms with E-state index in [4.69, 9.17) is 19.9 Å². The summed E-state index contributed by atoms with van der Waals surface area (Å²) in [5.41, 5.74) is 0.906. The molecule has 0 atom stereocenters. The van der Waals surface area contributed by atoms with Crippen LogP contribution in [0.4, 0.5) is 23.5 Å². The molecule has 0 fully saturated rings. The van der Waals surface area contributed by atoms with E-state index in [0.29, 0.717) is 47.7 Å². The molecule has 0 spiro atoms. The van der Waals surface area contributed by atoms with Crippen molar-refractivity contribution in [3.63, 3.8) is 0 Å². The lowest BCUT2D eigenvalue weighted by atomic mass is 9.97. The van der Waals surface area contributed by atoms with Gasteiger partial charge in [0, 0.05) is 39.3 Å². The van der Waals surface area contributed by atoms with E-state index >= 15 is 0 Å². The van der Waals surface area contributed by atoms with Crippen molar-refractivity contribution in [2.75, 3.05) is 86.1 Å². The van der Waals surface area contributed by atoms with E-state index in [1.807, 2.05) is 0 Å². The van der Waals surface area contributed by atoms with Gasteiger partial charge in [0.05, 0.1) is 26.4 Å². The van der Waals surface area contributed by atoms with E-state index in [9.17, 15) is 20.4 Å². The quantitative estimate of drug-likeness (QED) is 0.214. The lowest BCUT2D eigenvalue weighted by Crippen LogP contribution is -2.33. The van der Waals surface area contributed by atoms with Crippen molar-refractivity contribution in [3.05, 3.63) is 0 Å². The molecule has 204 valence electrons. The zero-order chi connectivity index (χ0) is 26.9. The molecule has 36 heavy (non-hydrogen) atoms. The van der Waals surface area contributed by atoms with Gasteiger partial charge < -0.3 is 40.9 Å². The first-order valence-corrected chi connectivity index (χ1v) is 12.4. The number of fused-ring (bicyclic) bond motifs is 1. The standard InChI is InChI=1S/C24H44N8O4/c1-23(2,3)15-25-19-17-18(28-21(29-19)31(7-11-33)8-12-34)20(26-16-24(4,5)6)30-22(27-17)32(9-13-35)10-14-36/h33-36H,7-16H2,1-6H3,(H,25,28,29)(H,26,27,30). The van der Waals surface area contributed by atoms with Crippen molar-refractivity contribution >= 4 is 34.6 Å². The molecule has 0 bridgehead atoms. The van der Waals surface area contributed by atoms with E-state index in [0.717, 1.165) is 0 Å². The summed E-state index contributed by atoms with van der Waals surface area (Å²) in [6.45, 7) is 14.4. The van der Waals surface area contributed by atoms with Gasteiger partial charge in [0.2, 0.25) is 11.9 Å². The van der Waals surface area contributed by atoms with Gasteiger partial charge in [-0.05, 0) is 10.8 Å². The highest BCUT2D eigenvalue weighted by atomic mass is 16.3. The maximum atomic E-state index is 9.57. The number of anilines is 4. The Morgan fingerprint density at radius 3 is 1.11 bits per heavy atom. The fraction of sp³-hybridized carbons (Fsp3) is 0.750. The normalized spacial score (nSPS) is 12.2. The molecule has 0 saturated carbocycles. The van der Waals surface area contributed by atoms with Gasteiger partial charge in [-0.3, -0.25) is 0 Å². The second-order valence-electron chi connectivity index (χ2n) is 11.1. The van der Waals surface area contributed by atoms with Crippen molar-refractivity contribution in [2.45, 2.75) is 41.5 Å². The zero-order valence-electron chi connectivity index (χ0n) is 22.5. The second kappa shape index (κ2) is 13.1. The predicted molar refractivity (Wildman–Crippen MR) is 144 cm³/mol. The van der Waals surface area contributed by atoms with Crippen LogP contribution in [0.25, 0.3) is 11.0 Å². The molecule has 2 aromatic rings. The lowest BCUT2D eigenvalue weighted by molar-refractivity contribution is 0.279. The molecule has 0 aromatic carbocycles. The highest BCUT2D eigenvalue weighted by Crippen LogP contribution is 2.30. The minimum absolute atomic E-state index is 0.0453. The van der Waals surface area contributed by atoms with Crippen molar-refractivity contribution < 1.29 is 20.4 Å². The Morgan fingerprint density at radius 1 is 0.556 bits per heavy atom. The summed E-state index contributed by atoms with van der Waals surface area (Å²) in [5.74, 6) is 1.70. The maximum absolute atomic E-state index is 9.57. The third-order valence-corrected chi connectivity index (χ3v) is 5.14. The Balaban J connectivity index is 2.79. The van der Waals surface area contributed by atoms with Crippen LogP contribution in [-0.2, 0) is 0 Å². The first kappa shape index (κ1) is 29.7. The molecule has 12 heteroatoms. The minimum atomic E-state index is -0.117. The Bertz CT molecular complexity index is 873. The number of aromatic nitrogens is 4. The monoisotopic (exact) mass is 508 g/mol. The number of aliphatic hydroxyl groups is 4. The average molecular weight is 509 g/mol. The highest BCUT2D eigenvalue weighted by Gasteiger charge is 2.23. The van der Waals surface area contributed by atoms with Crippen LogP contribution in [0.2, 0.25) is 0 Å². The number of nitrogens with one attached hydrogen (secondary N) is 2. The Morgan fingerprint density at radius 2 is 0.861 bits per heavy atom. The summed E-state index contributed by atoms with van der Waals surface area (Å²) in [7, 11) is 0. The van der Waals surface area contributed by atoms with E-state index in [2.05, 4.69) is 52.2 Å². The SMILES string of the molecule is CC(C)(C)CNc1nc(N(CCO)CCO)nc2c(NCC(C)(C)C)nc(N(CCO)CCO)nc12. The zero-order valence-corrected chi connectivity index (χ0v) is 22.5. The van der Waals surface area contributed by atoms with Crippen LogP contribution in [0.3, 0.4) is 0 Å². The summed E-state index contributed by atoms with van der Waals surface area (Å²) in [6, 6.07) is 0. The van der Waals surface area contributed by atoms with E-state index in [1.165, 1.54) is 0 Å².